The minimum atomic E-state index is -0.483. The number of nitriles is 1. The number of carbonyl (C=O) groups is 1. The maximum Gasteiger partial charge on any atom is 0.227 e. The Balaban J connectivity index is 1.50. The third kappa shape index (κ3) is 2.93. The molecule has 2 aliphatic heterocycles. The highest BCUT2D eigenvalue weighted by Gasteiger charge is 2.53. The molecule has 1 aliphatic carbocycles. The van der Waals surface area contributed by atoms with Crippen LogP contribution in [0, 0.1) is 23.1 Å². The van der Waals surface area contributed by atoms with E-state index in [4.69, 9.17) is 4.74 Å². The van der Waals surface area contributed by atoms with Crippen LogP contribution in [0.15, 0.2) is 24.3 Å². The molecule has 0 radical (unpaired) electrons. The van der Waals surface area contributed by atoms with Gasteiger partial charge in [0.2, 0.25) is 5.91 Å². The fraction of sp³-hybridized carbons (Fsp3) is 0.600. The summed E-state index contributed by atoms with van der Waals surface area (Å²) in [5.41, 5.74) is 0.537. The van der Waals surface area contributed by atoms with Crippen LogP contribution in [0.3, 0.4) is 0 Å². The number of amides is 1. The van der Waals surface area contributed by atoms with E-state index in [1.54, 1.807) is 17.0 Å². The molecule has 1 saturated carbocycles. The van der Waals surface area contributed by atoms with Gasteiger partial charge in [0.1, 0.15) is 17.5 Å². The zero-order chi connectivity index (χ0) is 17.4. The average Bonchev–Trinajstić information content (AvgIpc) is 3.43. The molecule has 0 bridgehead atoms. The van der Waals surface area contributed by atoms with E-state index in [0.29, 0.717) is 13.2 Å². The van der Waals surface area contributed by atoms with Crippen molar-refractivity contribution in [3.63, 3.8) is 0 Å². The number of ether oxygens (including phenoxy) is 1. The van der Waals surface area contributed by atoms with Gasteiger partial charge in [0.25, 0.3) is 0 Å². The predicted molar refractivity (Wildman–Crippen MR) is 90.1 cm³/mol. The Morgan fingerprint density at radius 1 is 1.24 bits per heavy atom. The zero-order valence-corrected chi connectivity index (χ0v) is 14.3. The van der Waals surface area contributed by atoms with E-state index in [1.165, 1.54) is 12.1 Å². The van der Waals surface area contributed by atoms with Crippen molar-refractivity contribution in [1.82, 2.24) is 4.90 Å². The summed E-state index contributed by atoms with van der Waals surface area (Å²) in [5.74, 6) is -0.129. The molecule has 0 N–H and O–H groups in total. The van der Waals surface area contributed by atoms with Crippen molar-refractivity contribution in [2.45, 2.75) is 56.1 Å². The molecule has 1 aromatic rings. The van der Waals surface area contributed by atoms with Gasteiger partial charge in [0.05, 0.1) is 6.07 Å². The highest BCUT2D eigenvalue weighted by atomic mass is 19.1. The van der Waals surface area contributed by atoms with Gasteiger partial charge in [-0.05, 0) is 62.1 Å². The molecule has 2 heterocycles. The number of nitrogens with zero attached hydrogens (tertiary/aromatic N) is 2. The van der Waals surface area contributed by atoms with E-state index in [-0.39, 0.29) is 23.6 Å². The molecule has 4 nitrogen and oxygen atoms in total. The monoisotopic (exact) mass is 342 g/mol. The summed E-state index contributed by atoms with van der Waals surface area (Å²) in [6.45, 7) is 1.32. The smallest absolute Gasteiger partial charge is 0.227 e. The van der Waals surface area contributed by atoms with Crippen molar-refractivity contribution in [3.05, 3.63) is 35.6 Å². The van der Waals surface area contributed by atoms with Crippen LogP contribution in [-0.4, -0.2) is 35.6 Å². The number of halogens is 1. The normalized spacial score (nSPS) is 34.6. The van der Waals surface area contributed by atoms with Crippen LogP contribution >= 0.6 is 0 Å². The van der Waals surface area contributed by atoms with Crippen LogP contribution in [0.4, 0.5) is 4.39 Å². The van der Waals surface area contributed by atoms with Crippen LogP contribution in [0.25, 0.3) is 0 Å². The Morgan fingerprint density at radius 3 is 2.68 bits per heavy atom. The molecule has 2 saturated heterocycles. The van der Waals surface area contributed by atoms with Crippen molar-refractivity contribution in [2.75, 3.05) is 13.2 Å². The topological polar surface area (TPSA) is 53.3 Å². The molecular formula is C20H23FN2O2. The van der Waals surface area contributed by atoms with Crippen molar-refractivity contribution >= 4 is 5.91 Å². The van der Waals surface area contributed by atoms with Gasteiger partial charge in [0, 0.05) is 19.1 Å². The second-order valence-corrected chi connectivity index (χ2v) is 7.54. The number of likely N-dealkylation sites (tertiary alicyclic amines) is 1. The lowest BCUT2D eigenvalue weighted by Gasteiger charge is -2.48. The number of hydrogen-bond donors (Lipinski definition) is 0. The third-order valence-corrected chi connectivity index (χ3v) is 6.00. The quantitative estimate of drug-likeness (QED) is 0.828. The second kappa shape index (κ2) is 6.42. The maximum absolute atomic E-state index is 13.1. The molecular weight excluding hydrogens is 319 g/mol. The maximum atomic E-state index is 13.1. The van der Waals surface area contributed by atoms with E-state index in [0.717, 1.165) is 44.1 Å². The van der Waals surface area contributed by atoms with Crippen molar-refractivity contribution in [3.8, 4) is 6.07 Å². The highest BCUT2D eigenvalue weighted by molar-refractivity contribution is 5.84. The predicted octanol–water partition coefficient (Wildman–Crippen LogP) is 3.38. The summed E-state index contributed by atoms with van der Waals surface area (Å²) < 4.78 is 19.1. The lowest BCUT2D eigenvalue weighted by atomic mass is 9.79. The van der Waals surface area contributed by atoms with Gasteiger partial charge in [-0.1, -0.05) is 12.1 Å². The molecule has 3 aliphatic rings. The standard InChI is InChI=1S/C20H23FN2O2/c21-15-6-4-14(5-7-15)16-12-17(16)19(24)23-10-3-9-20(18(23)13-22)8-1-2-11-25-20/h4-7,16-18H,1-3,8-12H2/t16-,17+,18+,20+/m0/s1. The summed E-state index contributed by atoms with van der Waals surface area (Å²) in [7, 11) is 0. The van der Waals surface area contributed by atoms with Gasteiger partial charge in [-0.3, -0.25) is 4.79 Å². The van der Waals surface area contributed by atoms with Gasteiger partial charge in [-0.2, -0.15) is 5.26 Å². The summed E-state index contributed by atoms with van der Waals surface area (Å²) >= 11 is 0. The lowest BCUT2D eigenvalue weighted by molar-refractivity contribution is -0.160. The first-order valence-electron chi connectivity index (χ1n) is 9.24. The molecule has 1 amide bonds. The first-order chi connectivity index (χ1) is 12.1. The SMILES string of the molecule is N#C[C@H]1N(C(=O)[C@@H]2C[C@H]2c2ccc(F)cc2)CCC[C@]12CCCCO2. The molecule has 0 aromatic heterocycles. The van der Waals surface area contributed by atoms with Gasteiger partial charge in [-0.15, -0.1) is 0 Å². The van der Waals surface area contributed by atoms with E-state index in [1.807, 2.05) is 0 Å². The van der Waals surface area contributed by atoms with Crippen LogP contribution in [0.2, 0.25) is 0 Å². The summed E-state index contributed by atoms with van der Waals surface area (Å²) in [4.78, 5) is 14.8. The van der Waals surface area contributed by atoms with Crippen LogP contribution in [-0.2, 0) is 9.53 Å². The van der Waals surface area contributed by atoms with Gasteiger partial charge >= 0.3 is 0 Å². The second-order valence-electron chi connectivity index (χ2n) is 7.54. The first kappa shape index (κ1) is 16.5. The van der Waals surface area contributed by atoms with E-state index < -0.39 is 11.6 Å². The molecule has 25 heavy (non-hydrogen) atoms. The Bertz CT molecular complexity index is 685. The number of carbonyl (C=O) groups excluding carboxylic acids is 1. The van der Waals surface area contributed by atoms with Crippen molar-refractivity contribution in [2.24, 2.45) is 5.92 Å². The van der Waals surface area contributed by atoms with Crippen molar-refractivity contribution < 1.29 is 13.9 Å². The van der Waals surface area contributed by atoms with Gasteiger partial charge < -0.3 is 9.64 Å². The number of hydrogen-bond acceptors (Lipinski definition) is 3. The minimum absolute atomic E-state index is 0.0640. The van der Waals surface area contributed by atoms with Gasteiger partial charge in [0.15, 0.2) is 0 Å². The largest absolute Gasteiger partial charge is 0.372 e. The molecule has 132 valence electrons. The molecule has 5 heteroatoms. The molecule has 4 atom stereocenters. The van der Waals surface area contributed by atoms with Crippen LogP contribution in [0.1, 0.15) is 50.0 Å². The van der Waals surface area contributed by atoms with Crippen LogP contribution < -0.4 is 0 Å². The Kier molecular flexibility index (Phi) is 4.24. The fourth-order valence-electron chi connectivity index (χ4n) is 4.57. The van der Waals surface area contributed by atoms with E-state index in [9.17, 15) is 14.4 Å². The zero-order valence-electron chi connectivity index (χ0n) is 14.3. The molecule has 4 rings (SSSR count). The number of piperidine rings is 1. The third-order valence-electron chi connectivity index (χ3n) is 6.00. The van der Waals surface area contributed by atoms with E-state index in [2.05, 4.69) is 6.07 Å². The molecule has 0 unspecified atom stereocenters. The first-order valence-corrected chi connectivity index (χ1v) is 9.24. The Hall–Kier alpha value is -1.93. The van der Waals surface area contributed by atoms with E-state index >= 15 is 0 Å². The van der Waals surface area contributed by atoms with Gasteiger partial charge in [-0.25, -0.2) is 4.39 Å². The molecule has 3 fully saturated rings. The van der Waals surface area contributed by atoms with Crippen molar-refractivity contribution in [1.29, 1.82) is 5.26 Å². The average molecular weight is 342 g/mol. The fourth-order valence-corrected chi connectivity index (χ4v) is 4.57. The Morgan fingerprint density at radius 2 is 2.00 bits per heavy atom. The van der Waals surface area contributed by atoms with Crippen LogP contribution in [0.5, 0.6) is 0 Å². The Labute approximate surface area is 147 Å². The summed E-state index contributed by atoms with van der Waals surface area (Å²) in [6.07, 6.45) is 5.48. The summed E-state index contributed by atoms with van der Waals surface area (Å²) in [6, 6.07) is 8.30. The highest BCUT2D eigenvalue weighted by Crippen LogP contribution is 2.50. The molecule has 1 aromatic carbocycles. The lowest BCUT2D eigenvalue weighted by Crippen LogP contribution is -2.60. The number of rotatable bonds is 2. The molecule has 1 spiro atoms. The number of benzene rings is 1. The summed E-state index contributed by atoms with van der Waals surface area (Å²) in [5, 5.41) is 9.78. The minimum Gasteiger partial charge on any atom is -0.372 e.